The van der Waals surface area contributed by atoms with Crippen molar-refractivity contribution >= 4 is 15.7 Å². The van der Waals surface area contributed by atoms with Crippen molar-refractivity contribution in [2.75, 3.05) is 11.8 Å². The van der Waals surface area contributed by atoms with Gasteiger partial charge in [0.2, 0.25) is 0 Å². The van der Waals surface area contributed by atoms with Gasteiger partial charge in [0, 0.05) is 18.1 Å². The second kappa shape index (κ2) is 6.13. The zero-order valence-electron chi connectivity index (χ0n) is 12.4. The summed E-state index contributed by atoms with van der Waals surface area (Å²) in [5.41, 5.74) is 1.31. The number of nitrogens with zero attached hydrogens (tertiary/aromatic N) is 2. The largest absolute Gasteiger partial charge is 0.495 e. The Kier molecular flexibility index (Phi) is 4.03. The molecule has 0 fully saturated rings. The van der Waals surface area contributed by atoms with Gasteiger partial charge in [0.25, 0.3) is 10.0 Å². The molecule has 0 spiro atoms. The van der Waals surface area contributed by atoms with Gasteiger partial charge in [0.05, 0.1) is 12.8 Å². The Balaban J connectivity index is 1.86. The molecule has 0 atom stereocenters. The van der Waals surface area contributed by atoms with Crippen LogP contribution in [0, 0.1) is 0 Å². The highest BCUT2D eigenvalue weighted by atomic mass is 32.2. The first kappa shape index (κ1) is 15.1. The van der Waals surface area contributed by atoms with Gasteiger partial charge < -0.3 is 4.74 Å². The Bertz CT molecular complexity index is 889. The first-order valence-electron chi connectivity index (χ1n) is 6.86. The van der Waals surface area contributed by atoms with Crippen molar-refractivity contribution in [1.82, 2.24) is 9.78 Å². The molecule has 23 heavy (non-hydrogen) atoms. The molecule has 1 N–H and O–H groups in total. The Morgan fingerprint density at radius 1 is 1.04 bits per heavy atom. The van der Waals surface area contributed by atoms with E-state index >= 15 is 0 Å². The Hall–Kier alpha value is -2.80. The first-order chi connectivity index (χ1) is 11.1. The lowest BCUT2D eigenvalue weighted by Crippen LogP contribution is -2.14. The lowest BCUT2D eigenvalue weighted by atomic mass is 10.3. The average Bonchev–Trinajstić information content (AvgIpc) is 3.09. The molecule has 0 aliphatic carbocycles. The SMILES string of the molecule is COc1ccccc1S(=O)(=O)Nc1ccc(-n2cccn2)cc1. The fraction of sp³-hybridized carbons (Fsp3) is 0.0625. The summed E-state index contributed by atoms with van der Waals surface area (Å²) in [6.07, 6.45) is 3.49. The molecule has 1 heterocycles. The number of aromatic nitrogens is 2. The number of para-hydroxylation sites is 1. The van der Waals surface area contributed by atoms with E-state index in [0.29, 0.717) is 11.4 Å². The van der Waals surface area contributed by atoms with E-state index in [1.807, 2.05) is 12.3 Å². The van der Waals surface area contributed by atoms with Crippen LogP contribution < -0.4 is 9.46 Å². The third kappa shape index (κ3) is 3.19. The van der Waals surface area contributed by atoms with Crippen LogP contribution in [-0.4, -0.2) is 25.3 Å². The summed E-state index contributed by atoms with van der Waals surface area (Å²) in [4.78, 5) is 0.0960. The highest BCUT2D eigenvalue weighted by molar-refractivity contribution is 7.92. The molecule has 0 saturated heterocycles. The van der Waals surface area contributed by atoms with Gasteiger partial charge in [0.1, 0.15) is 10.6 Å². The predicted octanol–water partition coefficient (Wildman–Crippen LogP) is 2.68. The van der Waals surface area contributed by atoms with Crippen LogP contribution in [0.5, 0.6) is 5.75 Å². The second-order valence-electron chi connectivity index (χ2n) is 4.75. The maximum absolute atomic E-state index is 12.5. The number of nitrogens with one attached hydrogen (secondary N) is 1. The van der Waals surface area contributed by atoms with Crippen molar-refractivity contribution in [1.29, 1.82) is 0 Å². The fourth-order valence-corrected chi connectivity index (χ4v) is 3.38. The van der Waals surface area contributed by atoms with Gasteiger partial charge in [-0.2, -0.15) is 5.10 Å². The number of rotatable bonds is 5. The predicted molar refractivity (Wildman–Crippen MR) is 87.4 cm³/mol. The van der Waals surface area contributed by atoms with Gasteiger partial charge in [0.15, 0.2) is 0 Å². The van der Waals surface area contributed by atoms with Crippen LogP contribution in [-0.2, 0) is 10.0 Å². The molecule has 0 aliphatic rings. The van der Waals surface area contributed by atoms with Gasteiger partial charge in [-0.05, 0) is 42.5 Å². The number of hydrogen-bond acceptors (Lipinski definition) is 4. The van der Waals surface area contributed by atoms with Crippen LogP contribution in [0.3, 0.4) is 0 Å². The van der Waals surface area contributed by atoms with Crippen LogP contribution >= 0.6 is 0 Å². The van der Waals surface area contributed by atoms with E-state index < -0.39 is 10.0 Å². The Morgan fingerprint density at radius 3 is 2.43 bits per heavy atom. The van der Waals surface area contributed by atoms with Crippen LogP contribution in [0.4, 0.5) is 5.69 Å². The zero-order chi connectivity index (χ0) is 16.3. The highest BCUT2D eigenvalue weighted by Gasteiger charge is 2.18. The van der Waals surface area contributed by atoms with Crippen molar-refractivity contribution in [3.05, 3.63) is 67.0 Å². The molecular weight excluding hydrogens is 314 g/mol. The molecule has 0 saturated carbocycles. The van der Waals surface area contributed by atoms with Crippen LogP contribution in [0.2, 0.25) is 0 Å². The Morgan fingerprint density at radius 2 is 1.78 bits per heavy atom. The summed E-state index contributed by atoms with van der Waals surface area (Å²) in [6.45, 7) is 0. The van der Waals surface area contributed by atoms with E-state index in [9.17, 15) is 8.42 Å². The van der Waals surface area contributed by atoms with Crippen molar-refractivity contribution in [3.63, 3.8) is 0 Å². The number of hydrogen-bond donors (Lipinski definition) is 1. The van der Waals surface area contributed by atoms with Crippen LogP contribution in [0.25, 0.3) is 5.69 Å². The minimum atomic E-state index is -3.72. The molecule has 0 unspecified atom stereocenters. The maximum atomic E-state index is 12.5. The zero-order valence-corrected chi connectivity index (χ0v) is 13.2. The number of methoxy groups -OCH3 is 1. The highest BCUT2D eigenvalue weighted by Crippen LogP contribution is 2.25. The molecule has 2 aromatic carbocycles. The molecule has 6 nitrogen and oxygen atoms in total. The van der Waals surface area contributed by atoms with Gasteiger partial charge in [-0.3, -0.25) is 4.72 Å². The summed E-state index contributed by atoms with van der Waals surface area (Å²) >= 11 is 0. The molecule has 0 amide bonds. The van der Waals surface area contributed by atoms with E-state index in [0.717, 1.165) is 5.69 Å². The van der Waals surface area contributed by atoms with E-state index in [2.05, 4.69) is 9.82 Å². The van der Waals surface area contributed by atoms with E-state index in [1.54, 1.807) is 53.3 Å². The number of benzene rings is 2. The van der Waals surface area contributed by atoms with Gasteiger partial charge in [-0.25, -0.2) is 13.1 Å². The number of ether oxygens (including phenoxy) is 1. The van der Waals surface area contributed by atoms with E-state index in [1.165, 1.54) is 13.2 Å². The molecule has 1 aromatic heterocycles. The monoisotopic (exact) mass is 329 g/mol. The van der Waals surface area contributed by atoms with Gasteiger partial charge in [-0.1, -0.05) is 12.1 Å². The van der Waals surface area contributed by atoms with Gasteiger partial charge in [-0.15, -0.1) is 0 Å². The fourth-order valence-electron chi connectivity index (χ4n) is 2.15. The lowest BCUT2D eigenvalue weighted by Gasteiger charge is -2.11. The molecular formula is C16H15N3O3S. The molecule has 7 heteroatoms. The molecule has 0 radical (unpaired) electrons. The van der Waals surface area contributed by atoms with Crippen LogP contribution in [0.1, 0.15) is 0 Å². The van der Waals surface area contributed by atoms with E-state index in [4.69, 9.17) is 4.74 Å². The molecule has 3 aromatic rings. The maximum Gasteiger partial charge on any atom is 0.265 e. The normalized spacial score (nSPS) is 11.2. The number of anilines is 1. The minimum absolute atomic E-state index is 0.0960. The minimum Gasteiger partial charge on any atom is -0.495 e. The molecule has 0 aliphatic heterocycles. The smallest absolute Gasteiger partial charge is 0.265 e. The van der Waals surface area contributed by atoms with Crippen molar-refractivity contribution in [2.24, 2.45) is 0 Å². The summed E-state index contributed by atoms with van der Waals surface area (Å²) in [5.74, 6) is 0.299. The Labute approximate surface area is 134 Å². The quantitative estimate of drug-likeness (QED) is 0.781. The van der Waals surface area contributed by atoms with Crippen molar-refractivity contribution in [3.8, 4) is 11.4 Å². The van der Waals surface area contributed by atoms with Crippen molar-refractivity contribution in [2.45, 2.75) is 4.90 Å². The average molecular weight is 329 g/mol. The summed E-state index contributed by atoms with van der Waals surface area (Å²) < 4.78 is 34.3. The van der Waals surface area contributed by atoms with Crippen molar-refractivity contribution < 1.29 is 13.2 Å². The molecule has 118 valence electrons. The van der Waals surface area contributed by atoms with E-state index in [-0.39, 0.29) is 4.90 Å². The summed E-state index contributed by atoms with van der Waals surface area (Å²) in [6, 6.07) is 15.2. The topological polar surface area (TPSA) is 73.2 Å². The summed E-state index contributed by atoms with van der Waals surface area (Å²) in [5, 5.41) is 4.12. The third-order valence-electron chi connectivity index (χ3n) is 3.25. The first-order valence-corrected chi connectivity index (χ1v) is 8.34. The van der Waals surface area contributed by atoms with Gasteiger partial charge >= 0.3 is 0 Å². The molecule has 0 bridgehead atoms. The molecule has 3 rings (SSSR count). The lowest BCUT2D eigenvalue weighted by molar-refractivity contribution is 0.403. The standard InChI is InChI=1S/C16H15N3O3S/c1-22-15-5-2-3-6-16(15)23(20,21)18-13-7-9-14(10-8-13)19-12-4-11-17-19/h2-12,18H,1H3. The van der Waals surface area contributed by atoms with Crippen LogP contribution in [0.15, 0.2) is 71.9 Å². The third-order valence-corrected chi connectivity index (χ3v) is 4.67. The number of sulfonamides is 1. The summed E-state index contributed by atoms with van der Waals surface area (Å²) in [7, 11) is -2.28. The second-order valence-corrected chi connectivity index (χ2v) is 6.40.